The Bertz CT molecular complexity index is 589. The lowest BCUT2D eigenvalue weighted by Crippen LogP contribution is -2.24. The first-order chi connectivity index (χ1) is 10.1. The summed E-state index contributed by atoms with van der Waals surface area (Å²) in [4.78, 5) is 14.2. The maximum absolute atomic E-state index is 12.2. The molecule has 0 bridgehead atoms. The zero-order chi connectivity index (χ0) is 15.2. The monoisotopic (exact) mass is 338 g/mol. The van der Waals surface area contributed by atoms with Crippen molar-refractivity contribution in [3.63, 3.8) is 0 Å². The molecule has 0 saturated heterocycles. The van der Waals surface area contributed by atoms with Crippen molar-refractivity contribution >= 4 is 24.1 Å². The maximum Gasteiger partial charge on any atom is 0.338 e. The molecule has 0 aliphatic carbocycles. The van der Waals surface area contributed by atoms with Crippen LogP contribution in [0.1, 0.15) is 22.0 Å². The lowest BCUT2D eigenvalue weighted by Gasteiger charge is -2.22. The zero-order valence-corrected chi connectivity index (χ0v) is 14.0. The molecule has 2 aromatic carbocycles. The third-order valence-electron chi connectivity index (χ3n) is 3.10. The van der Waals surface area contributed by atoms with Gasteiger partial charge >= 0.3 is 5.97 Å². The molecule has 2 rings (SSSR count). The van der Waals surface area contributed by atoms with Gasteiger partial charge in [-0.1, -0.05) is 30.3 Å². The number of carbonyl (C=O) groups excluding carboxylic acids is 1. The van der Waals surface area contributed by atoms with Gasteiger partial charge in [-0.15, -0.1) is 12.4 Å². The van der Waals surface area contributed by atoms with E-state index in [0.29, 0.717) is 17.8 Å². The number of esters is 1. The standard InChI is InChI=1S/C17H20N2O2.ClH.H2O/c1-19(2)12-16(13-6-4-3-5-7-13)21-17(20)14-8-10-15(18)11-9-14;;/h3-11,16H,12,18H2,1-2H3;1H;1H2. The Hall–Kier alpha value is -2.08. The van der Waals surface area contributed by atoms with Crippen LogP contribution in [0.4, 0.5) is 5.69 Å². The summed E-state index contributed by atoms with van der Waals surface area (Å²) in [7, 11) is 3.90. The lowest BCUT2D eigenvalue weighted by atomic mass is 10.1. The highest BCUT2D eigenvalue weighted by Gasteiger charge is 2.18. The van der Waals surface area contributed by atoms with Crippen LogP contribution in [0.3, 0.4) is 0 Å². The fraction of sp³-hybridized carbons (Fsp3) is 0.235. The van der Waals surface area contributed by atoms with Crippen molar-refractivity contribution in [2.45, 2.75) is 6.10 Å². The predicted molar refractivity (Wildman–Crippen MR) is 94.9 cm³/mol. The Morgan fingerprint density at radius 2 is 1.65 bits per heavy atom. The average Bonchev–Trinajstić information content (AvgIpc) is 2.47. The summed E-state index contributed by atoms with van der Waals surface area (Å²) >= 11 is 0. The number of benzene rings is 2. The number of ether oxygens (including phenoxy) is 1. The largest absolute Gasteiger partial charge is 0.453 e. The molecule has 0 saturated carbocycles. The molecule has 0 aliphatic rings. The molecule has 0 aliphatic heterocycles. The van der Waals surface area contributed by atoms with E-state index in [2.05, 4.69) is 0 Å². The first-order valence-corrected chi connectivity index (χ1v) is 6.82. The van der Waals surface area contributed by atoms with Crippen LogP contribution >= 0.6 is 12.4 Å². The first-order valence-electron chi connectivity index (χ1n) is 6.82. The van der Waals surface area contributed by atoms with Crippen LogP contribution in [0.15, 0.2) is 54.6 Å². The van der Waals surface area contributed by atoms with Crippen LogP contribution in [0.2, 0.25) is 0 Å². The van der Waals surface area contributed by atoms with Crippen LogP contribution < -0.4 is 5.73 Å². The fourth-order valence-corrected chi connectivity index (χ4v) is 2.03. The Kier molecular flexibility index (Phi) is 8.95. The van der Waals surface area contributed by atoms with Gasteiger partial charge in [0, 0.05) is 12.2 Å². The van der Waals surface area contributed by atoms with E-state index >= 15 is 0 Å². The quantitative estimate of drug-likeness (QED) is 0.669. The van der Waals surface area contributed by atoms with E-state index < -0.39 is 0 Å². The van der Waals surface area contributed by atoms with Gasteiger partial charge in [-0.25, -0.2) is 4.79 Å². The second-order valence-corrected chi connectivity index (χ2v) is 5.19. The number of nitrogens with zero attached hydrogens (tertiary/aromatic N) is 1. The van der Waals surface area contributed by atoms with Crippen molar-refractivity contribution in [2.24, 2.45) is 0 Å². The average molecular weight is 339 g/mol. The molecule has 5 nitrogen and oxygen atoms in total. The SMILES string of the molecule is CN(C)CC(OC(=O)c1ccc(N)cc1)c1ccccc1.Cl.O. The molecule has 0 fully saturated rings. The summed E-state index contributed by atoms with van der Waals surface area (Å²) in [6, 6.07) is 16.5. The van der Waals surface area contributed by atoms with E-state index in [4.69, 9.17) is 10.5 Å². The molecule has 4 N–H and O–H groups in total. The van der Waals surface area contributed by atoms with Crippen molar-refractivity contribution in [2.75, 3.05) is 26.4 Å². The first kappa shape index (κ1) is 20.9. The highest BCUT2D eigenvalue weighted by molar-refractivity contribution is 5.89. The number of carbonyl (C=O) groups is 1. The Morgan fingerprint density at radius 3 is 2.17 bits per heavy atom. The minimum absolute atomic E-state index is 0. The summed E-state index contributed by atoms with van der Waals surface area (Å²) < 4.78 is 5.65. The van der Waals surface area contributed by atoms with Gasteiger partial charge in [0.05, 0.1) is 5.56 Å². The number of hydrogen-bond donors (Lipinski definition) is 1. The van der Waals surface area contributed by atoms with E-state index in [9.17, 15) is 4.79 Å². The molecular formula is C17H23ClN2O3. The van der Waals surface area contributed by atoms with Gasteiger partial charge < -0.3 is 20.8 Å². The molecule has 0 radical (unpaired) electrons. The normalized spacial score (nSPS) is 11.1. The van der Waals surface area contributed by atoms with Crippen LogP contribution in [0.5, 0.6) is 0 Å². The molecule has 23 heavy (non-hydrogen) atoms. The van der Waals surface area contributed by atoms with Gasteiger partial charge in [0.1, 0.15) is 6.10 Å². The highest BCUT2D eigenvalue weighted by atomic mass is 35.5. The number of anilines is 1. The molecule has 0 aromatic heterocycles. The molecular weight excluding hydrogens is 316 g/mol. The lowest BCUT2D eigenvalue weighted by molar-refractivity contribution is 0.0236. The predicted octanol–water partition coefficient (Wildman–Crippen LogP) is 2.33. The minimum Gasteiger partial charge on any atom is -0.453 e. The van der Waals surface area contributed by atoms with E-state index in [0.717, 1.165) is 5.56 Å². The van der Waals surface area contributed by atoms with Gasteiger partial charge in [0.2, 0.25) is 0 Å². The third-order valence-corrected chi connectivity index (χ3v) is 3.10. The van der Waals surface area contributed by atoms with Crippen molar-refractivity contribution < 1.29 is 15.0 Å². The topological polar surface area (TPSA) is 87.1 Å². The van der Waals surface area contributed by atoms with Crippen LogP contribution in [0.25, 0.3) is 0 Å². The van der Waals surface area contributed by atoms with E-state index in [1.165, 1.54) is 0 Å². The van der Waals surface area contributed by atoms with E-state index in [1.54, 1.807) is 24.3 Å². The van der Waals surface area contributed by atoms with Crippen LogP contribution in [-0.2, 0) is 4.74 Å². The van der Waals surface area contributed by atoms with Gasteiger partial charge in [-0.05, 0) is 43.9 Å². The summed E-state index contributed by atoms with van der Waals surface area (Å²) in [5.41, 5.74) is 7.74. The number of halogens is 1. The van der Waals surface area contributed by atoms with E-state index in [-0.39, 0.29) is 30.0 Å². The number of nitrogen functional groups attached to an aromatic ring is 1. The molecule has 6 heteroatoms. The van der Waals surface area contributed by atoms with E-state index in [1.807, 2.05) is 49.3 Å². The summed E-state index contributed by atoms with van der Waals surface area (Å²) in [5.74, 6) is -0.342. The fourth-order valence-electron chi connectivity index (χ4n) is 2.03. The Labute approximate surface area is 142 Å². The number of rotatable bonds is 5. The van der Waals surface area contributed by atoms with Crippen molar-refractivity contribution in [1.82, 2.24) is 4.90 Å². The molecule has 0 spiro atoms. The van der Waals surface area contributed by atoms with Gasteiger partial charge in [-0.3, -0.25) is 0 Å². The Morgan fingerprint density at radius 1 is 1.09 bits per heavy atom. The number of nitrogens with two attached hydrogens (primary N) is 1. The molecule has 1 atom stereocenters. The van der Waals surface area contributed by atoms with Crippen molar-refractivity contribution in [3.05, 3.63) is 65.7 Å². The van der Waals surface area contributed by atoms with Crippen molar-refractivity contribution in [3.8, 4) is 0 Å². The van der Waals surface area contributed by atoms with Gasteiger partial charge in [0.25, 0.3) is 0 Å². The van der Waals surface area contributed by atoms with Gasteiger partial charge in [0.15, 0.2) is 0 Å². The molecule has 0 heterocycles. The summed E-state index contributed by atoms with van der Waals surface area (Å²) in [6.07, 6.45) is -0.300. The van der Waals surface area contributed by atoms with Crippen LogP contribution in [0, 0.1) is 0 Å². The smallest absolute Gasteiger partial charge is 0.338 e. The minimum atomic E-state index is -0.342. The van der Waals surface area contributed by atoms with Gasteiger partial charge in [-0.2, -0.15) is 0 Å². The molecule has 1 unspecified atom stereocenters. The van der Waals surface area contributed by atoms with Crippen LogP contribution in [-0.4, -0.2) is 37.0 Å². The molecule has 126 valence electrons. The second kappa shape index (κ2) is 9.84. The highest BCUT2D eigenvalue weighted by Crippen LogP contribution is 2.20. The number of hydrogen-bond acceptors (Lipinski definition) is 4. The zero-order valence-electron chi connectivity index (χ0n) is 13.2. The second-order valence-electron chi connectivity index (χ2n) is 5.19. The molecule has 2 aromatic rings. The van der Waals surface area contributed by atoms with Crippen molar-refractivity contribution in [1.29, 1.82) is 0 Å². The maximum atomic E-state index is 12.2. The number of likely N-dealkylation sites (N-methyl/N-ethyl adjacent to an activating group) is 1. The molecule has 0 amide bonds. The Balaban J connectivity index is 0.00000242. The summed E-state index contributed by atoms with van der Waals surface area (Å²) in [5, 5.41) is 0. The summed E-state index contributed by atoms with van der Waals surface area (Å²) in [6.45, 7) is 0.630. The third kappa shape index (κ3) is 6.28.